The molecule has 2 heterocycles. The minimum atomic E-state index is -0.416. The van der Waals surface area contributed by atoms with Gasteiger partial charge in [-0.1, -0.05) is 11.6 Å². The molecule has 2 aromatic heterocycles. The first-order valence-electron chi connectivity index (χ1n) is 9.28. The number of esters is 1. The van der Waals surface area contributed by atoms with E-state index in [1.807, 2.05) is 0 Å². The first kappa shape index (κ1) is 19.7. The first-order valence-corrected chi connectivity index (χ1v) is 9.66. The van der Waals surface area contributed by atoms with Crippen LogP contribution in [0.3, 0.4) is 0 Å². The highest BCUT2D eigenvalue weighted by atomic mass is 35.5. The number of carbonyl (C=O) groups excluding carboxylic acids is 1. The van der Waals surface area contributed by atoms with Gasteiger partial charge in [0.1, 0.15) is 11.6 Å². The standard InChI is InChI=1S/C23H17ClN2O4/c1-2-29-23(28)15-5-8-17(9-6-15)26-21(12-10-18-4-3-13-30-18)25-20-14-16(24)7-11-19(20)22(26)27/h3-14H,2H2,1H3. The number of aromatic nitrogens is 2. The van der Waals surface area contributed by atoms with Crippen LogP contribution in [0.5, 0.6) is 0 Å². The van der Waals surface area contributed by atoms with E-state index < -0.39 is 5.97 Å². The summed E-state index contributed by atoms with van der Waals surface area (Å²) in [6.45, 7) is 2.04. The van der Waals surface area contributed by atoms with Gasteiger partial charge in [-0.15, -0.1) is 0 Å². The third kappa shape index (κ3) is 3.90. The first-order chi connectivity index (χ1) is 14.6. The molecule has 0 fully saturated rings. The lowest BCUT2D eigenvalue weighted by molar-refractivity contribution is 0.0526. The maximum atomic E-state index is 13.3. The molecule has 0 aliphatic heterocycles. The van der Waals surface area contributed by atoms with E-state index in [4.69, 9.17) is 20.8 Å². The number of carbonyl (C=O) groups is 1. The number of hydrogen-bond donors (Lipinski definition) is 0. The summed E-state index contributed by atoms with van der Waals surface area (Å²) in [4.78, 5) is 29.8. The van der Waals surface area contributed by atoms with Gasteiger partial charge in [0.25, 0.3) is 5.56 Å². The van der Waals surface area contributed by atoms with Crippen LogP contribution in [0.2, 0.25) is 5.02 Å². The van der Waals surface area contributed by atoms with E-state index in [1.54, 1.807) is 79.9 Å². The van der Waals surface area contributed by atoms with E-state index in [1.165, 1.54) is 4.57 Å². The molecule has 0 N–H and O–H groups in total. The van der Waals surface area contributed by atoms with Crippen molar-refractivity contribution in [2.24, 2.45) is 0 Å². The molecule has 2 aromatic carbocycles. The van der Waals surface area contributed by atoms with Crippen LogP contribution in [-0.4, -0.2) is 22.1 Å². The maximum Gasteiger partial charge on any atom is 0.338 e. The molecule has 30 heavy (non-hydrogen) atoms. The lowest BCUT2D eigenvalue weighted by atomic mass is 10.2. The molecule has 0 aliphatic rings. The molecule has 0 spiro atoms. The molecule has 150 valence electrons. The molecule has 0 saturated carbocycles. The van der Waals surface area contributed by atoms with Crippen molar-refractivity contribution in [3.63, 3.8) is 0 Å². The largest absolute Gasteiger partial charge is 0.465 e. The zero-order chi connectivity index (χ0) is 21.1. The van der Waals surface area contributed by atoms with Crippen LogP contribution in [0.25, 0.3) is 28.7 Å². The van der Waals surface area contributed by atoms with Crippen LogP contribution in [0.4, 0.5) is 0 Å². The average molecular weight is 421 g/mol. The highest BCUT2D eigenvalue weighted by Gasteiger charge is 2.13. The summed E-state index contributed by atoms with van der Waals surface area (Å²) in [6, 6.07) is 15.1. The summed E-state index contributed by atoms with van der Waals surface area (Å²) < 4.78 is 11.8. The molecule has 4 aromatic rings. The van der Waals surface area contributed by atoms with Gasteiger partial charge in [0.05, 0.1) is 35.0 Å². The van der Waals surface area contributed by atoms with Gasteiger partial charge in [-0.25, -0.2) is 9.78 Å². The Hall–Kier alpha value is -3.64. The summed E-state index contributed by atoms with van der Waals surface area (Å²) in [5.41, 5.74) is 1.21. The Bertz CT molecular complexity index is 1290. The lowest BCUT2D eigenvalue weighted by Crippen LogP contribution is -2.22. The summed E-state index contributed by atoms with van der Waals surface area (Å²) >= 11 is 6.09. The van der Waals surface area contributed by atoms with Gasteiger partial charge in [-0.3, -0.25) is 9.36 Å². The molecule has 0 saturated heterocycles. The quantitative estimate of drug-likeness (QED) is 0.426. The molecule has 7 heteroatoms. The van der Waals surface area contributed by atoms with Crippen LogP contribution in [0.1, 0.15) is 28.9 Å². The molecule has 0 amide bonds. The molecular weight excluding hydrogens is 404 g/mol. The van der Waals surface area contributed by atoms with Gasteiger partial charge in [-0.05, 0) is 73.7 Å². The monoisotopic (exact) mass is 420 g/mol. The number of furan rings is 1. The second-order valence-electron chi connectivity index (χ2n) is 6.39. The lowest BCUT2D eigenvalue weighted by Gasteiger charge is -2.12. The van der Waals surface area contributed by atoms with Crippen molar-refractivity contribution in [2.45, 2.75) is 6.92 Å². The molecule has 0 unspecified atom stereocenters. The Morgan fingerprint density at radius 3 is 2.67 bits per heavy atom. The number of nitrogens with zero attached hydrogens (tertiary/aromatic N) is 2. The van der Waals surface area contributed by atoms with Crippen molar-refractivity contribution in [1.82, 2.24) is 9.55 Å². The fraction of sp³-hybridized carbons (Fsp3) is 0.0870. The molecule has 6 nitrogen and oxygen atoms in total. The number of halogens is 1. The minimum absolute atomic E-state index is 0.250. The highest BCUT2D eigenvalue weighted by Crippen LogP contribution is 2.19. The van der Waals surface area contributed by atoms with Gasteiger partial charge in [0.15, 0.2) is 0 Å². The molecule has 0 radical (unpaired) electrons. The fourth-order valence-electron chi connectivity index (χ4n) is 3.04. The van der Waals surface area contributed by atoms with E-state index in [0.717, 1.165) is 0 Å². The van der Waals surface area contributed by atoms with Crippen molar-refractivity contribution < 1.29 is 13.9 Å². The fourth-order valence-corrected chi connectivity index (χ4v) is 3.21. The van der Waals surface area contributed by atoms with Crippen molar-refractivity contribution in [3.05, 3.63) is 93.4 Å². The Kier molecular flexibility index (Phi) is 5.50. The van der Waals surface area contributed by atoms with Crippen molar-refractivity contribution in [2.75, 3.05) is 6.61 Å². The van der Waals surface area contributed by atoms with E-state index in [0.29, 0.717) is 45.4 Å². The number of benzene rings is 2. The van der Waals surface area contributed by atoms with Crippen LogP contribution < -0.4 is 5.56 Å². The molecule has 0 atom stereocenters. The van der Waals surface area contributed by atoms with Crippen LogP contribution in [-0.2, 0) is 4.74 Å². The maximum absolute atomic E-state index is 13.3. The Balaban J connectivity index is 1.87. The van der Waals surface area contributed by atoms with Crippen molar-refractivity contribution >= 4 is 40.6 Å². The van der Waals surface area contributed by atoms with E-state index in [9.17, 15) is 9.59 Å². The second kappa shape index (κ2) is 8.39. The third-order valence-electron chi connectivity index (χ3n) is 4.43. The molecule has 0 aliphatic carbocycles. The predicted molar refractivity (Wildman–Crippen MR) is 116 cm³/mol. The second-order valence-corrected chi connectivity index (χ2v) is 6.82. The van der Waals surface area contributed by atoms with Gasteiger partial charge < -0.3 is 9.15 Å². The summed E-state index contributed by atoms with van der Waals surface area (Å²) in [7, 11) is 0. The molecule has 0 bridgehead atoms. The third-order valence-corrected chi connectivity index (χ3v) is 4.67. The molecular formula is C23H17ClN2O4. The van der Waals surface area contributed by atoms with Gasteiger partial charge in [0.2, 0.25) is 0 Å². The normalized spacial score (nSPS) is 11.3. The average Bonchev–Trinajstić information content (AvgIpc) is 3.26. The topological polar surface area (TPSA) is 74.3 Å². The number of fused-ring (bicyclic) bond motifs is 1. The van der Waals surface area contributed by atoms with E-state index >= 15 is 0 Å². The smallest absolute Gasteiger partial charge is 0.338 e. The van der Waals surface area contributed by atoms with Gasteiger partial charge >= 0.3 is 5.97 Å². The minimum Gasteiger partial charge on any atom is -0.465 e. The number of hydrogen-bond acceptors (Lipinski definition) is 5. The predicted octanol–water partition coefficient (Wildman–Crippen LogP) is 4.98. The van der Waals surface area contributed by atoms with Crippen molar-refractivity contribution in [3.8, 4) is 5.69 Å². The molecule has 4 rings (SSSR count). The summed E-state index contributed by atoms with van der Waals surface area (Å²) in [5, 5.41) is 0.927. The van der Waals surface area contributed by atoms with Gasteiger partial charge in [-0.2, -0.15) is 0 Å². The van der Waals surface area contributed by atoms with Crippen molar-refractivity contribution in [1.29, 1.82) is 0 Å². The zero-order valence-corrected chi connectivity index (χ0v) is 16.8. The van der Waals surface area contributed by atoms with E-state index in [2.05, 4.69) is 4.98 Å². The summed E-state index contributed by atoms with van der Waals surface area (Å²) in [5.74, 6) is 0.607. The number of rotatable bonds is 5. The Labute approximate surface area is 177 Å². The Morgan fingerprint density at radius 2 is 1.97 bits per heavy atom. The zero-order valence-electron chi connectivity index (χ0n) is 16.0. The van der Waals surface area contributed by atoms with E-state index in [-0.39, 0.29) is 5.56 Å². The number of ether oxygens (including phenoxy) is 1. The summed E-state index contributed by atoms with van der Waals surface area (Å²) in [6.07, 6.45) is 4.98. The van der Waals surface area contributed by atoms with Crippen LogP contribution in [0.15, 0.2) is 70.1 Å². The van der Waals surface area contributed by atoms with Gasteiger partial charge in [0, 0.05) is 5.02 Å². The van der Waals surface area contributed by atoms with Crippen LogP contribution in [0, 0.1) is 0 Å². The SMILES string of the molecule is CCOC(=O)c1ccc(-n2c(C=Cc3ccco3)nc3cc(Cl)ccc3c2=O)cc1. The van der Waals surface area contributed by atoms with Crippen LogP contribution >= 0.6 is 11.6 Å². The highest BCUT2D eigenvalue weighted by molar-refractivity contribution is 6.31. The Morgan fingerprint density at radius 1 is 1.17 bits per heavy atom.